The number of hydrogen-bond donors (Lipinski definition) is 1. The zero-order chi connectivity index (χ0) is 19.6. The Morgan fingerprint density at radius 2 is 1.96 bits per heavy atom. The molecule has 1 aromatic heterocycles. The number of aromatic amines is 1. The van der Waals surface area contributed by atoms with Crippen LogP contribution in [0.3, 0.4) is 0 Å². The molecule has 0 amide bonds. The van der Waals surface area contributed by atoms with Gasteiger partial charge in [0.1, 0.15) is 17.5 Å². The van der Waals surface area contributed by atoms with Crippen molar-refractivity contribution in [1.29, 1.82) is 0 Å². The number of fused-ring (bicyclic) bond motifs is 1. The molecular formula is C19H16F2N2O3S. The van der Waals surface area contributed by atoms with Gasteiger partial charge in [-0.15, -0.1) is 11.8 Å². The Bertz CT molecular complexity index is 1050. The van der Waals surface area contributed by atoms with E-state index in [1.54, 1.807) is 6.92 Å². The first-order chi connectivity index (χ1) is 12.9. The van der Waals surface area contributed by atoms with E-state index in [9.17, 15) is 18.4 Å². The molecule has 0 aliphatic carbocycles. The van der Waals surface area contributed by atoms with Gasteiger partial charge in [-0.1, -0.05) is 6.07 Å². The number of hydrogen-bond acceptors (Lipinski definition) is 5. The van der Waals surface area contributed by atoms with Crippen LogP contribution in [0.5, 0.6) is 0 Å². The van der Waals surface area contributed by atoms with E-state index in [1.807, 2.05) is 0 Å². The quantitative estimate of drug-likeness (QED) is 0.667. The number of esters is 1. The van der Waals surface area contributed by atoms with Gasteiger partial charge in [0.15, 0.2) is 0 Å². The number of carbonyl (C=O) groups excluding carboxylic acids is 1. The van der Waals surface area contributed by atoms with E-state index in [1.165, 1.54) is 55.3 Å². The molecule has 1 unspecified atom stereocenters. The van der Waals surface area contributed by atoms with E-state index in [4.69, 9.17) is 0 Å². The standard InChI is InChI=1S/C19H16F2N2O3S/c1-10(17-13(20)4-3-5-14(17)21)27-9-16-22-15-8-11(19(25)26-2)6-7-12(15)18(24)23-16/h3-8,10H,9H2,1-2H3,(H,22,23,24). The summed E-state index contributed by atoms with van der Waals surface area (Å²) in [7, 11) is 1.27. The lowest BCUT2D eigenvalue weighted by Gasteiger charge is -2.13. The number of nitrogens with zero attached hydrogens (tertiary/aromatic N) is 1. The van der Waals surface area contributed by atoms with Gasteiger partial charge >= 0.3 is 5.97 Å². The third-order valence-electron chi connectivity index (χ3n) is 4.05. The van der Waals surface area contributed by atoms with Crippen molar-refractivity contribution in [1.82, 2.24) is 9.97 Å². The van der Waals surface area contributed by atoms with Gasteiger partial charge in [0, 0.05) is 10.8 Å². The van der Waals surface area contributed by atoms with Gasteiger partial charge in [-0.2, -0.15) is 0 Å². The van der Waals surface area contributed by atoms with Crippen LogP contribution in [0.4, 0.5) is 8.78 Å². The molecule has 0 aliphatic heterocycles. The maximum absolute atomic E-state index is 13.9. The van der Waals surface area contributed by atoms with Gasteiger partial charge in [-0.05, 0) is 37.3 Å². The largest absolute Gasteiger partial charge is 0.465 e. The van der Waals surface area contributed by atoms with Crippen molar-refractivity contribution in [3.05, 3.63) is 75.3 Å². The molecule has 0 saturated carbocycles. The fraction of sp³-hybridized carbons (Fsp3) is 0.211. The number of halogens is 2. The molecule has 1 N–H and O–H groups in total. The fourth-order valence-electron chi connectivity index (χ4n) is 2.69. The highest BCUT2D eigenvalue weighted by Crippen LogP contribution is 2.33. The van der Waals surface area contributed by atoms with Crippen molar-refractivity contribution in [2.24, 2.45) is 0 Å². The number of methoxy groups -OCH3 is 1. The van der Waals surface area contributed by atoms with E-state index in [0.717, 1.165) is 0 Å². The Morgan fingerprint density at radius 1 is 1.26 bits per heavy atom. The summed E-state index contributed by atoms with van der Waals surface area (Å²) in [6.07, 6.45) is 0. The van der Waals surface area contributed by atoms with Gasteiger partial charge < -0.3 is 9.72 Å². The van der Waals surface area contributed by atoms with Crippen molar-refractivity contribution >= 4 is 28.6 Å². The molecular weight excluding hydrogens is 374 g/mol. The predicted molar refractivity (Wildman–Crippen MR) is 99.8 cm³/mol. The molecule has 0 radical (unpaired) electrons. The molecule has 0 saturated heterocycles. The van der Waals surface area contributed by atoms with Crippen LogP contribution >= 0.6 is 11.8 Å². The predicted octanol–water partition coefficient (Wildman–Crippen LogP) is 3.98. The van der Waals surface area contributed by atoms with Crippen LogP contribution in [-0.4, -0.2) is 23.0 Å². The van der Waals surface area contributed by atoms with E-state index in [2.05, 4.69) is 14.7 Å². The topological polar surface area (TPSA) is 72.1 Å². The van der Waals surface area contributed by atoms with E-state index in [0.29, 0.717) is 16.7 Å². The zero-order valence-corrected chi connectivity index (χ0v) is 15.4. The molecule has 5 nitrogen and oxygen atoms in total. The van der Waals surface area contributed by atoms with Crippen molar-refractivity contribution in [3.63, 3.8) is 0 Å². The van der Waals surface area contributed by atoms with Crippen LogP contribution in [0.1, 0.15) is 33.9 Å². The van der Waals surface area contributed by atoms with E-state index >= 15 is 0 Å². The van der Waals surface area contributed by atoms with Crippen molar-refractivity contribution in [2.45, 2.75) is 17.9 Å². The molecule has 1 heterocycles. The molecule has 140 valence electrons. The molecule has 0 aliphatic rings. The van der Waals surface area contributed by atoms with E-state index < -0.39 is 22.9 Å². The summed E-state index contributed by atoms with van der Waals surface area (Å²) in [6.45, 7) is 1.68. The molecule has 8 heteroatoms. The Hall–Kier alpha value is -2.74. The second kappa shape index (κ2) is 7.87. The summed E-state index contributed by atoms with van der Waals surface area (Å²) in [5, 5.41) is -0.141. The first-order valence-electron chi connectivity index (χ1n) is 8.07. The molecule has 0 spiro atoms. The molecule has 0 fully saturated rings. The van der Waals surface area contributed by atoms with Gasteiger partial charge in [0.2, 0.25) is 0 Å². The second-order valence-electron chi connectivity index (χ2n) is 5.82. The smallest absolute Gasteiger partial charge is 0.337 e. The Morgan fingerprint density at radius 3 is 2.63 bits per heavy atom. The minimum absolute atomic E-state index is 0.0152. The summed E-state index contributed by atoms with van der Waals surface area (Å²) in [4.78, 5) is 30.9. The maximum atomic E-state index is 13.9. The lowest BCUT2D eigenvalue weighted by molar-refractivity contribution is 0.0601. The number of aromatic nitrogens is 2. The minimum Gasteiger partial charge on any atom is -0.465 e. The monoisotopic (exact) mass is 390 g/mol. The highest BCUT2D eigenvalue weighted by Gasteiger charge is 2.17. The number of thioether (sulfide) groups is 1. The average molecular weight is 390 g/mol. The summed E-state index contributed by atoms with van der Waals surface area (Å²) in [5.41, 5.74) is 0.265. The summed E-state index contributed by atoms with van der Waals surface area (Å²) in [5.74, 6) is -1.17. The van der Waals surface area contributed by atoms with Crippen molar-refractivity contribution < 1.29 is 18.3 Å². The third kappa shape index (κ3) is 4.00. The Balaban J connectivity index is 1.86. The highest BCUT2D eigenvalue weighted by molar-refractivity contribution is 7.98. The molecule has 27 heavy (non-hydrogen) atoms. The van der Waals surface area contributed by atoms with Crippen LogP contribution < -0.4 is 5.56 Å². The number of carbonyl (C=O) groups is 1. The first kappa shape index (κ1) is 19.0. The zero-order valence-electron chi connectivity index (χ0n) is 14.6. The van der Waals surface area contributed by atoms with Gasteiger partial charge in [0.05, 0.1) is 29.3 Å². The molecule has 2 aromatic carbocycles. The average Bonchev–Trinajstić information content (AvgIpc) is 2.65. The summed E-state index contributed by atoms with van der Waals surface area (Å²) >= 11 is 1.24. The summed E-state index contributed by atoms with van der Waals surface area (Å²) < 4.78 is 32.4. The van der Waals surface area contributed by atoms with Crippen LogP contribution in [0, 0.1) is 11.6 Å². The number of ether oxygens (including phenoxy) is 1. The molecule has 1 atom stereocenters. The van der Waals surface area contributed by atoms with Crippen LogP contribution in [0.15, 0.2) is 41.2 Å². The first-order valence-corrected chi connectivity index (χ1v) is 9.12. The SMILES string of the molecule is COC(=O)c1ccc2c(=O)[nH]c(CSC(C)c3c(F)cccc3F)nc2c1. The minimum atomic E-state index is -0.613. The van der Waals surface area contributed by atoms with E-state index in [-0.39, 0.29) is 22.4 Å². The van der Waals surface area contributed by atoms with Gasteiger partial charge in [-0.3, -0.25) is 4.79 Å². The summed E-state index contributed by atoms with van der Waals surface area (Å²) in [6, 6.07) is 8.20. The van der Waals surface area contributed by atoms with Crippen molar-refractivity contribution in [2.75, 3.05) is 7.11 Å². The number of H-pyrrole nitrogens is 1. The fourth-order valence-corrected chi connectivity index (χ4v) is 3.62. The van der Waals surface area contributed by atoms with Gasteiger partial charge in [-0.25, -0.2) is 18.6 Å². The van der Waals surface area contributed by atoms with Crippen LogP contribution in [-0.2, 0) is 10.5 Å². The Labute approximate surface area is 157 Å². The number of benzene rings is 2. The third-order valence-corrected chi connectivity index (χ3v) is 5.23. The normalized spacial score (nSPS) is 12.1. The Kier molecular flexibility index (Phi) is 5.55. The molecule has 3 aromatic rings. The lowest BCUT2D eigenvalue weighted by atomic mass is 10.1. The van der Waals surface area contributed by atoms with Crippen molar-refractivity contribution in [3.8, 4) is 0 Å². The molecule has 0 bridgehead atoms. The highest BCUT2D eigenvalue weighted by atomic mass is 32.2. The second-order valence-corrected chi connectivity index (χ2v) is 7.15. The number of nitrogens with one attached hydrogen (secondary N) is 1. The number of rotatable bonds is 5. The lowest BCUT2D eigenvalue weighted by Crippen LogP contribution is -2.12. The van der Waals surface area contributed by atoms with Crippen LogP contribution in [0.25, 0.3) is 10.9 Å². The molecule has 3 rings (SSSR count). The van der Waals surface area contributed by atoms with Gasteiger partial charge in [0.25, 0.3) is 5.56 Å². The van der Waals surface area contributed by atoms with Crippen LogP contribution in [0.2, 0.25) is 0 Å². The maximum Gasteiger partial charge on any atom is 0.337 e.